The smallest absolute Gasteiger partial charge is 0.315 e. The van der Waals surface area contributed by atoms with E-state index in [4.69, 9.17) is 5.11 Å². The maximum Gasteiger partial charge on any atom is 0.315 e. The Bertz CT molecular complexity index is 502. The quantitative estimate of drug-likeness (QED) is 0.686. The minimum atomic E-state index is -0.805. The summed E-state index contributed by atoms with van der Waals surface area (Å²) in [5.41, 5.74) is -0.253. The Hall–Kier alpha value is -1.82. The van der Waals surface area contributed by atoms with Crippen molar-refractivity contribution < 1.29 is 19.4 Å². The van der Waals surface area contributed by atoms with Crippen molar-refractivity contribution in [1.29, 1.82) is 0 Å². The van der Waals surface area contributed by atoms with Crippen molar-refractivity contribution in [3.8, 4) is 5.75 Å². The van der Waals surface area contributed by atoms with Crippen molar-refractivity contribution in [2.75, 3.05) is 6.54 Å². The predicted octanol–water partition coefficient (Wildman–Crippen LogP) is 2.03. The van der Waals surface area contributed by atoms with Gasteiger partial charge < -0.3 is 20.8 Å². The second kappa shape index (κ2) is 6.76. The van der Waals surface area contributed by atoms with E-state index >= 15 is 0 Å². The Balaban J connectivity index is 1.75. The maximum atomic E-state index is 13.1. The summed E-state index contributed by atoms with van der Waals surface area (Å²) in [5.74, 6) is -1.13. The lowest BCUT2D eigenvalue weighted by Crippen LogP contribution is -2.47. The largest absolute Gasteiger partial charge is 0.505 e. The van der Waals surface area contributed by atoms with Gasteiger partial charge in [-0.05, 0) is 30.5 Å². The number of phenols is 1. The van der Waals surface area contributed by atoms with E-state index in [2.05, 4.69) is 10.6 Å². The van der Waals surface area contributed by atoms with Crippen LogP contribution in [-0.4, -0.2) is 28.4 Å². The molecule has 1 aromatic carbocycles. The first kappa shape index (κ1) is 15.6. The molecule has 6 heteroatoms. The third-order valence-corrected chi connectivity index (χ3v) is 3.83. The van der Waals surface area contributed by atoms with Gasteiger partial charge in [-0.1, -0.05) is 25.3 Å². The van der Waals surface area contributed by atoms with Crippen LogP contribution in [0.3, 0.4) is 0 Å². The van der Waals surface area contributed by atoms with E-state index < -0.39 is 23.2 Å². The van der Waals surface area contributed by atoms with Crippen LogP contribution < -0.4 is 10.6 Å². The molecule has 0 saturated heterocycles. The standard InChI is InChI=1S/C15H21FN2O3/c16-12-8-11(4-5-13(12)19)9-17-14(20)18-10-15(21)6-2-1-3-7-15/h4-5,8,19,21H,1-3,6-7,9-10H2,(H2,17,18,20). The highest BCUT2D eigenvalue weighted by molar-refractivity contribution is 5.73. The van der Waals surface area contributed by atoms with Gasteiger partial charge in [-0.25, -0.2) is 9.18 Å². The van der Waals surface area contributed by atoms with Crippen molar-refractivity contribution in [2.24, 2.45) is 0 Å². The van der Waals surface area contributed by atoms with E-state index in [1.165, 1.54) is 18.2 Å². The highest BCUT2D eigenvalue weighted by Gasteiger charge is 2.29. The summed E-state index contributed by atoms with van der Waals surface area (Å²) in [5, 5.41) is 24.6. The molecule has 1 aromatic rings. The summed E-state index contributed by atoms with van der Waals surface area (Å²) in [4.78, 5) is 11.7. The first-order valence-electron chi connectivity index (χ1n) is 7.20. The normalized spacial score (nSPS) is 17.2. The topological polar surface area (TPSA) is 81.6 Å². The number of amides is 2. The molecular weight excluding hydrogens is 275 g/mol. The number of carbonyl (C=O) groups excluding carboxylic acids is 1. The molecule has 1 aliphatic carbocycles. The monoisotopic (exact) mass is 296 g/mol. The van der Waals surface area contributed by atoms with Crippen molar-refractivity contribution in [1.82, 2.24) is 10.6 Å². The summed E-state index contributed by atoms with van der Waals surface area (Å²) in [6.07, 6.45) is 4.49. The molecule has 0 bridgehead atoms. The molecule has 0 radical (unpaired) electrons. The Labute approximate surface area is 123 Å². The lowest BCUT2D eigenvalue weighted by molar-refractivity contribution is 0.00719. The van der Waals surface area contributed by atoms with Gasteiger partial charge in [-0.3, -0.25) is 0 Å². The molecule has 21 heavy (non-hydrogen) atoms. The first-order chi connectivity index (χ1) is 9.98. The second-order valence-electron chi connectivity index (χ2n) is 5.61. The van der Waals surface area contributed by atoms with Crippen LogP contribution in [-0.2, 0) is 6.54 Å². The fourth-order valence-electron chi connectivity index (χ4n) is 2.54. The number of hydrogen-bond acceptors (Lipinski definition) is 3. The van der Waals surface area contributed by atoms with Crippen LogP contribution in [0.5, 0.6) is 5.75 Å². The maximum absolute atomic E-state index is 13.1. The van der Waals surface area contributed by atoms with Gasteiger partial charge in [0.2, 0.25) is 0 Å². The molecule has 116 valence electrons. The molecule has 5 nitrogen and oxygen atoms in total. The zero-order valence-corrected chi connectivity index (χ0v) is 11.9. The minimum Gasteiger partial charge on any atom is -0.505 e. The van der Waals surface area contributed by atoms with Gasteiger partial charge in [0, 0.05) is 13.1 Å². The number of urea groups is 1. The predicted molar refractivity (Wildman–Crippen MR) is 76.3 cm³/mol. The van der Waals surface area contributed by atoms with Gasteiger partial charge in [0.15, 0.2) is 11.6 Å². The number of rotatable bonds is 4. The minimum absolute atomic E-state index is 0.154. The number of hydrogen-bond donors (Lipinski definition) is 4. The molecule has 0 aromatic heterocycles. The number of aromatic hydroxyl groups is 1. The average Bonchev–Trinajstić information content (AvgIpc) is 2.47. The van der Waals surface area contributed by atoms with Gasteiger partial charge in [0.05, 0.1) is 5.60 Å². The van der Waals surface area contributed by atoms with Gasteiger partial charge >= 0.3 is 6.03 Å². The van der Waals surface area contributed by atoms with E-state index in [1.54, 1.807) is 0 Å². The molecule has 0 aliphatic heterocycles. The Morgan fingerprint density at radius 2 is 1.95 bits per heavy atom. The molecule has 0 heterocycles. The van der Waals surface area contributed by atoms with Crippen LogP contribution in [0.4, 0.5) is 9.18 Å². The van der Waals surface area contributed by atoms with Gasteiger partial charge in [-0.2, -0.15) is 0 Å². The van der Waals surface area contributed by atoms with Crippen LogP contribution in [0.2, 0.25) is 0 Å². The molecule has 2 amide bonds. The molecule has 4 N–H and O–H groups in total. The molecular formula is C15H21FN2O3. The van der Waals surface area contributed by atoms with Crippen LogP contribution in [0.1, 0.15) is 37.7 Å². The number of nitrogens with one attached hydrogen (secondary N) is 2. The lowest BCUT2D eigenvalue weighted by atomic mass is 9.85. The summed E-state index contributed by atoms with van der Waals surface area (Å²) in [6.45, 7) is 0.379. The summed E-state index contributed by atoms with van der Waals surface area (Å²) in [7, 11) is 0. The van der Waals surface area contributed by atoms with Gasteiger partial charge in [-0.15, -0.1) is 0 Å². The zero-order valence-electron chi connectivity index (χ0n) is 11.9. The molecule has 1 aliphatic rings. The van der Waals surface area contributed by atoms with E-state index in [-0.39, 0.29) is 13.1 Å². The Morgan fingerprint density at radius 3 is 2.62 bits per heavy atom. The fraction of sp³-hybridized carbons (Fsp3) is 0.533. The van der Waals surface area contributed by atoms with E-state index in [9.17, 15) is 14.3 Å². The van der Waals surface area contributed by atoms with Crippen molar-refractivity contribution >= 4 is 6.03 Å². The molecule has 1 saturated carbocycles. The fourth-order valence-corrected chi connectivity index (χ4v) is 2.54. The number of phenolic OH excluding ortho intramolecular Hbond substituents is 1. The highest BCUT2D eigenvalue weighted by atomic mass is 19.1. The molecule has 0 atom stereocenters. The van der Waals surface area contributed by atoms with Crippen LogP contribution in [0.15, 0.2) is 18.2 Å². The number of carbonyl (C=O) groups is 1. The van der Waals surface area contributed by atoms with Crippen molar-refractivity contribution in [2.45, 2.75) is 44.2 Å². The Morgan fingerprint density at radius 1 is 1.24 bits per heavy atom. The molecule has 1 fully saturated rings. The first-order valence-corrected chi connectivity index (χ1v) is 7.20. The van der Waals surface area contributed by atoms with E-state index in [0.29, 0.717) is 18.4 Å². The van der Waals surface area contributed by atoms with Crippen LogP contribution in [0.25, 0.3) is 0 Å². The third kappa shape index (κ3) is 4.60. The average molecular weight is 296 g/mol. The van der Waals surface area contributed by atoms with Crippen molar-refractivity contribution in [3.05, 3.63) is 29.6 Å². The summed E-state index contributed by atoms with van der Waals surface area (Å²) >= 11 is 0. The van der Waals surface area contributed by atoms with E-state index in [0.717, 1.165) is 19.3 Å². The number of halogens is 1. The lowest BCUT2D eigenvalue weighted by Gasteiger charge is -2.32. The summed E-state index contributed by atoms with van der Waals surface area (Å²) < 4.78 is 13.1. The molecule has 0 spiro atoms. The van der Waals surface area contributed by atoms with E-state index in [1.807, 2.05) is 0 Å². The Kier molecular flexibility index (Phi) is 5.01. The number of benzene rings is 1. The molecule has 0 unspecified atom stereocenters. The number of aliphatic hydroxyl groups is 1. The van der Waals surface area contributed by atoms with Crippen molar-refractivity contribution in [3.63, 3.8) is 0 Å². The summed E-state index contributed by atoms with van der Waals surface area (Å²) in [6, 6.07) is 3.55. The zero-order chi connectivity index (χ0) is 15.3. The SMILES string of the molecule is O=C(NCc1ccc(O)c(F)c1)NCC1(O)CCCCC1. The highest BCUT2D eigenvalue weighted by Crippen LogP contribution is 2.27. The third-order valence-electron chi connectivity index (χ3n) is 3.83. The van der Waals surface area contributed by atoms with Gasteiger partial charge in [0.25, 0.3) is 0 Å². The molecule has 2 rings (SSSR count). The van der Waals surface area contributed by atoms with Crippen LogP contribution >= 0.6 is 0 Å². The van der Waals surface area contributed by atoms with Crippen LogP contribution in [0, 0.1) is 5.82 Å². The van der Waals surface area contributed by atoms with Gasteiger partial charge in [0.1, 0.15) is 0 Å². The second-order valence-corrected chi connectivity index (χ2v) is 5.61.